The summed E-state index contributed by atoms with van der Waals surface area (Å²) in [5.74, 6) is -0.996. The molecule has 0 bridgehead atoms. The molecular formula is C15H20N2O3. The van der Waals surface area contributed by atoms with Gasteiger partial charge in [0.2, 0.25) is 0 Å². The van der Waals surface area contributed by atoms with Crippen LogP contribution in [0.3, 0.4) is 0 Å². The van der Waals surface area contributed by atoms with E-state index >= 15 is 0 Å². The van der Waals surface area contributed by atoms with Crippen LogP contribution in [-0.4, -0.2) is 34.6 Å². The molecule has 1 aliphatic rings. The van der Waals surface area contributed by atoms with Gasteiger partial charge in [0.25, 0.3) is 0 Å². The van der Waals surface area contributed by atoms with Crippen molar-refractivity contribution in [1.82, 2.24) is 4.90 Å². The van der Waals surface area contributed by atoms with Crippen LogP contribution in [0.2, 0.25) is 0 Å². The number of amides is 2. The molecule has 108 valence electrons. The molecule has 2 amide bonds. The third-order valence-electron chi connectivity index (χ3n) is 3.67. The lowest BCUT2D eigenvalue weighted by Crippen LogP contribution is -2.41. The summed E-state index contributed by atoms with van der Waals surface area (Å²) in [7, 11) is 0. The Morgan fingerprint density at radius 3 is 2.85 bits per heavy atom. The van der Waals surface area contributed by atoms with Gasteiger partial charge in [-0.25, -0.2) is 9.59 Å². The quantitative estimate of drug-likeness (QED) is 0.871. The molecule has 1 fully saturated rings. The van der Waals surface area contributed by atoms with Crippen LogP contribution in [0.15, 0.2) is 24.3 Å². The van der Waals surface area contributed by atoms with E-state index in [1.54, 1.807) is 12.1 Å². The predicted octanol–water partition coefficient (Wildman–Crippen LogP) is 3.18. The molecule has 1 saturated heterocycles. The second-order valence-electron chi connectivity index (χ2n) is 5.21. The van der Waals surface area contributed by atoms with Gasteiger partial charge in [0, 0.05) is 18.3 Å². The number of nitrogens with one attached hydrogen (secondary N) is 1. The Balaban J connectivity index is 2.06. The summed E-state index contributed by atoms with van der Waals surface area (Å²) in [5.41, 5.74) is 0.693. The van der Waals surface area contributed by atoms with Crippen LogP contribution in [-0.2, 0) is 0 Å². The lowest BCUT2D eigenvalue weighted by molar-refractivity contribution is 0.0697. The van der Waals surface area contributed by atoms with Gasteiger partial charge in [-0.3, -0.25) is 0 Å². The molecule has 1 aromatic rings. The third-order valence-corrected chi connectivity index (χ3v) is 3.67. The van der Waals surface area contributed by atoms with Gasteiger partial charge in [-0.1, -0.05) is 18.9 Å². The number of carbonyl (C=O) groups excluding carboxylic acids is 1. The van der Waals surface area contributed by atoms with Gasteiger partial charge in [-0.2, -0.15) is 0 Å². The maximum Gasteiger partial charge on any atom is 0.335 e. The van der Waals surface area contributed by atoms with Crippen molar-refractivity contribution in [2.24, 2.45) is 0 Å². The third kappa shape index (κ3) is 3.50. The number of hydrogen-bond donors (Lipinski definition) is 2. The lowest BCUT2D eigenvalue weighted by Gasteiger charge is -2.27. The SMILES string of the molecule is CC1CCCCCN1C(=O)Nc1cccc(C(=O)O)c1. The van der Waals surface area contributed by atoms with Crippen molar-refractivity contribution in [2.75, 3.05) is 11.9 Å². The Morgan fingerprint density at radius 2 is 2.10 bits per heavy atom. The molecule has 1 atom stereocenters. The fourth-order valence-electron chi connectivity index (χ4n) is 2.50. The highest BCUT2D eigenvalue weighted by Crippen LogP contribution is 2.18. The summed E-state index contributed by atoms with van der Waals surface area (Å²) in [4.78, 5) is 25.0. The number of nitrogens with zero attached hydrogens (tertiary/aromatic N) is 1. The number of rotatable bonds is 2. The van der Waals surface area contributed by atoms with Gasteiger partial charge >= 0.3 is 12.0 Å². The smallest absolute Gasteiger partial charge is 0.335 e. The van der Waals surface area contributed by atoms with Gasteiger partial charge in [0.05, 0.1) is 5.56 Å². The van der Waals surface area contributed by atoms with Gasteiger partial charge in [-0.15, -0.1) is 0 Å². The summed E-state index contributed by atoms with van der Waals surface area (Å²) in [6.45, 7) is 2.81. The van der Waals surface area contributed by atoms with Gasteiger partial charge in [0.1, 0.15) is 0 Å². The predicted molar refractivity (Wildman–Crippen MR) is 77.1 cm³/mol. The zero-order valence-corrected chi connectivity index (χ0v) is 11.6. The second-order valence-corrected chi connectivity index (χ2v) is 5.21. The molecular weight excluding hydrogens is 256 g/mol. The summed E-state index contributed by atoms with van der Waals surface area (Å²) in [6, 6.07) is 6.38. The molecule has 1 aromatic carbocycles. The normalized spacial score (nSPS) is 19.2. The summed E-state index contributed by atoms with van der Waals surface area (Å²) in [5, 5.41) is 11.7. The van der Waals surface area contributed by atoms with Gasteiger partial charge in [0.15, 0.2) is 0 Å². The fourth-order valence-corrected chi connectivity index (χ4v) is 2.50. The molecule has 2 rings (SSSR count). The van der Waals surface area contributed by atoms with Crippen molar-refractivity contribution in [2.45, 2.75) is 38.6 Å². The summed E-state index contributed by atoms with van der Waals surface area (Å²) >= 11 is 0. The Bertz CT molecular complexity index is 502. The second kappa shape index (κ2) is 6.41. The zero-order valence-electron chi connectivity index (χ0n) is 11.6. The molecule has 1 unspecified atom stereocenters. The van der Waals surface area contributed by atoms with E-state index in [1.165, 1.54) is 12.1 Å². The largest absolute Gasteiger partial charge is 0.478 e. The number of urea groups is 1. The number of hydrogen-bond acceptors (Lipinski definition) is 2. The van der Waals surface area contributed by atoms with E-state index in [0.717, 1.165) is 32.2 Å². The highest BCUT2D eigenvalue weighted by molar-refractivity contribution is 5.93. The number of carboxylic acid groups (broad SMARTS) is 1. The zero-order chi connectivity index (χ0) is 14.5. The van der Waals surface area contributed by atoms with Crippen LogP contribution in [0.1, 0.15) is 43.0 Å². The van der Waals surface area contributed by atoms with E-state index in [2.05, 4.69) is 12.2 Å². The van der Waals surface area contributed by atoms with Crippen molar-refractivity contribution in [3.8, 4) is 0 Å². The van der Waals surface area contributed by atoms with Gasteiger partial charge < -0.3 is 15.3 Å². The van der Waals surface area contributed by atoms with Crippen LogP contribution in [0.4, 0.5) is 10.5 Å². The van der Waals surface area contributed by atoms with E-state index in [4.69, 9.17) is 5.11 Å². The molecule has 1 heterocycles. The minimum absolute atomic E-state index is 0.151. The Labute approximate surface area is 118 Å². The van der Waals surface area contributed by atoms with E-state index in [9.17, 15) is 9.59 Å². The summed E-state index contributed by atoms with van der Waals surface area (Å²) < 4.78 is 0. The van der Waals surface area contributed by atoms with Crippen LogP contribution in [0.25, 0.3) is 0 Å². The first-order valence-electron chi connectivity index (χ1n) is 6.99. The Kier molecular flexibility index (Phi) is 4.61. The maximum absolute atomic E-state index is 12.3. The van der Waals surface area contributed by atoms with Crippen LogP contribution >= 0.6 is 0 Å². The minimum Gasteiger partial charge on any atom is -0.478 e. The van der Waals surface area contributed by atoms with Gasteiger partial charge in [-0.05, 0) is 38.0 Å². The number of carboxylic acids is 1. The standard InChI is InChI=1S/C15H20N2O3/c1-11-6-3-2-4-9-17(11)15(20)16-13-8-5-7-12(10-13)14(18)19/h5,7-8,10-11H,2-4,6,9H2,1H3,(H,16,20)(H,18,19). The maximum atomic E-state index is 12.3. The highest BCUT2D eigenvalue weighted by Gasteiger charge is 2.22. The molecule has 2 N–H and O–H groups in total. The number of likely N-dealkylation sites (tertiary alicyclic amines) is 1. The minimum atomic E-state index is -0.996. The van der Waals surface area contributed by atoms with E-state index in [0.29, 0.717) is 5.69 Å². The Hall–Kier alpha value is -2.04. The van der Waals surface area contributed by atoms with E-state index in [1.807, 2.05) is 4.90 Å². The van der Waals surface area contributed by atoms with Crippen molar-refractivity contribution in [3.05, 3.63) is 29.8 Å². The van der Waals surface area contributed by atoms with Crippen molar-refractivity contribution in [3.63, 3.8) is 0 Å². The lowest BCUT2D eigenvalue weighted by atomic mass is 10.1. The number of carbonyl (C=O) groups is 2. The molecule has 20 heavy (non-hydrogen) atoms. The van der Waals surface area contributed by atoms with Crippen LogP contribution in [0.5, 0.6) is 0 Å². The Morgan fingerprint density at radius 1 is 1.30 bits per heavy atom. The molecule has 0 radical (unpaired) electrons. The van der Waals surface area contributed by atoms with Crippen molar-refractivity contribution < 1.29 is 14.7 Å². The molecule has 0 aliphatic carbocycles. The molecule has 0 saturated carbocycles. The average Bonchev–Trinajstić information content (AvgIpc) is 2.63. The summed E-state index contributed by atoms with van der Waals surface area (Å²) in [6.07, 6.45) is 4.34. The molecule has 5 nitrogen and oxygen atoms in total. The van der Waals surface area contributed by atoms with E-state index < -0.39 is 5.97 Å². The average molecular weight is 276 g/mol. The topological polar surface area (TPSA) is 69.6 Å². The first-order chi connectivity index (χ1) is 9.58. The number of benzene rings is 1. The van der Waals surface area contributed by atoms with Crippen LogP contribution < -0.4 is 5.32 Å². The van der Waals surface area contributed by atoms with E-state index in [-0.39, 0.29) is 17.6 Å². The highest BCUT2D eigenvalue weighted by atomic mass is 16.4. The molecule has 0 spiro atoms. The molecule has 1 aliphatic heterocycles. The van der Waals surface area contributed by atoms with Crippen LogP contribution in [0, 0.1) is 0 Å². The molecule has 0 aromatic heterocycles. The monoisotopic (exact) mass is 276 g/mol. The number of aromatic carboxylic acids is 1. The first-order valence-corrected chi connectivity index (χ1v) is 6.99. The first kappa shape index (κ1) is 14.4. The number of anilines is 1. The van der Waals surface area contributed by atoms with Crippen molar-refractivity contribution in [1.29, 1.82) is 0 Å². The van der Waals surface area contributed by atoms with Crippen molar-refractivity contribution >= 4 is 17.7 Å². The fraction of sp³-hybridized carbons (Fsp3) is 0.467. The molecule has 5 heteroatoms.